The number of amides is 3. The van der Waals surface area contributed by atoms with Gasteiger partial charge in [-0.15, -0.1) is 12.4 Å². The molecular weight excluding hydrogens is 418 g/mol. The third kappa shape index (κ3) is 5.07. The lowest BCUT2D eigenvalue weighted by molar-refractivity contribution is -0.145. The fourth-order valence-corrected chi connectivity index (χ4v) is 4.12. The summed E-state index contributed by atoms with van der Waals surface area (Å²) >= 11 is 0. The van der Waals surface area contributed by atoms with E-state index in [0.717, 1.165) is 5.56 Å². The van der Waals surface area contributed by atoms with E-state index in [0.29, 0.717) is 25.8 Å². The first-order valence-electron chi connectivity index (χ1n) is 9.79. The molecular formula is C20H27ClF2N4O3. The Morgan fingerprint density at radius 2 is 1.90 bits per heavy atom. The van der Waals surface area contributed by atoms with Gasteiger partial charge in [-0.2, -0.15) is 0 Å². The van der Waals surface area contributed by atoms with Gasteiger partial charge in [-0.1, -0.05) is 12.1 Å². The molecule has 0 spiro atoms. The average Bonchev–Trinajstić information content (AvgIpc) is 3.12. The number of nitrogens with one attached hydrogen (secondary N) is 1. The normalized spacial score (nSPS) is 24.9. The molecule has 7 nitrogen and oxygen atoms in total. The fourth-order valence-electron chi connectivity index (χ4n) is 4.12. The van der Waals surface area contributed by atoms with Gasteiger partial charge in [0.1, 0.15) is 17.9 Å². The molecule has 10 heteroatoms. The minimum atomic E-state index is -1.12. The number of carbonyl (C=O) groups excluding carboxylic acids is 3. The predicted octanol–water partition coefficient (Wildman–Crippen LogP) is 1.31. The first-order valence-corrected chi connectivity index (χ1v) is 9.79. The second-order valence-electron chi connectivity index (χ2n) is 7.64. The maximum absolute atomic E-state index is 13.1. The van der Waals surface area contributed by atoms with E-state index in [4.69, 9.17) is 5.73 Å². The summed E-state index contributed by atoms with van der Waals surface area (Å²) in [5.41, 5.74) is 6.74. The molecule has 1 aromatic rings. The van der Waals surface area contributed by atoms with Crippen molar-refractivity contribution < 1.29 is 23.2 Å². The number of carbonyl (C=O) groups is 3. The van der Waals surface area contributed by atoms with E-state index in [1.807, 2.05) is 0 Å². The van der Waals surface area contributed by atoms with Gasteiger partial charge in [0.15, 0.2) is 6.67 Å². The van der Waals surface area contributed by atoms with Crippen LogP contribution in [0.25, 0.3) is 0 Å². The molecule has 3 amide bonds. The van der Waals surface area contributed by atoms with Crippen molar-refractivity contribution in [3.8, 4) is 0 Å². The first-order chi connectivity index (χ1) is 13.8. The van der Waals surface area contributed by atoms with Crippen LogP contribution in [0.4, 0.5) is 8.78 Å². The van der Waals surface area contributed by atoms with Gasteiger partial charge < -0.3 is 20.9 Å². The van der Waals surface area contributed by atoms with Crippen LogP contribution in [0.2, 0.25) is 0 Å². The SMILES string of the molecule is C[C@@H](NC(=O)[C@@H]1CC[C@@H]2CCN(C(=O)CF)C[C@H](N)C(=O)N21)c1ccc(F)cc1.Cl. The van der Waals surface area contributed by atoms with Gasteiger partial charge in [-0.05, 0) is 43.9 Å². The highest BCUT2D eigenvalue weighted by Crippen LogP contribution is 2.29. The van der Waals surface area contributed by atoms with Crippen molar-refractivity contribution in [2.75, 3.05) is 19.8 Å². The molecule has 0 saturated carbocycles. The molecule has 0 aliphatic carbocycles. The van der Waals surface area contributed by atoms with Crippen LogP contribution in [0.15, 0.2) is 24.3 Å². The van der Waals surface area contributed by atoms with E-state index < -0.39 is 30.6 Å². The summed E-state index contributed by atoms with van der Waals surface area (Å²) < 4.78 is 25.9. The number of nitrogens with zero attached hydrogens (tertiary/aromatic N) is 2. The van der Waals surface area contributed by atoms with Gasteiger partial charge in [0.2, 0.25) is 11.8 Å². The minimum absolute atomic E-state index is 0. The number of alkyl halides is 1. The summed E-state index contributed by atoms with van der Waals surface area (Å²) in [6, 6.07) is 3.64. The second kappa shape index (κ2) is 10.2. The monoisotopic (exact) mass is 444 g/mol. The second-order valence-corrected chi connectivity index (χ2v) is 7.64. The number of halogens is 3. The van der Waals surface area contributed by atoms with Crippen molar-refractivity contribution in [1.29, 1.82) is 0 Å². The highest BCUT2D eigenvalue weighted by Gasteiger charge is 2.44. The van der Waals surface area contributed by atoms with Crippen molar-refractivity contribution in [3.05, 3.63) is 35.6 Å². The van der Waals surface area contributed by atoms with Gasteiger partial charge in [0.25, 0.3) is 5.91 Å². The molecule has 2 saturated heterocycles. The summed E-state index contributed by atoms with van der Waals surface area (Å²) in [6.07, 6.45) is 1.57. The predicted molar refractivity (Wildman–Crippen MR) is 109 cm³/mol. The smallest absolute Gasteiger partial charge is 0.254 e. The molecule has 3 rings (SSSR count). The zero-order chi connectivity index (χ0) is 21.1. The number of rotatable bonds is 4. The standard InChI is InChI=1S/C20H26F2N4O3.ClH/c1-12(13-2-4-14(22)5-3-13)24-19(28)17-7-6-15-8-9-25(18(27)10-21)11-16(23)20(29)26(15)17;/h2-5,12,15-17H,6-11,23H2,1H3,(H,24,28);1H/t12-,15-,16+,17+;/m1./s1. The fraction of sp³-hybridized carbons (Fsp3) is 0.550. The average molecular weight is 445 g/mol. The number of fused-ring (bicyclic) bond motifs is 1. The molecule has 2 fully saturated rings. The van der Waals surface area contributed by atoms with Gasteiger partial charge >= 0.3 is 0 Å². The summed E-state index contributed by atoms with van der Waals surface area (Å²) in [5.74, 6) is -1.73. The lowest BCUT2D eigenvalue weighted by Crippen LogP contribution is -2.59. The van der Waals surface area contributed by atoms with Gasteiger partial charge in [-0.3, -0.25) is 14.4 Å². The molecule has 4 atom stereocenters. The Bertz CT molecular complexity index is 780. The molecule has 0 unspecified atom stereocenters. The van der Waals surface area contributed by atoms with Crippen LogP contribution in [0.3, 0.4) is 0 Å². The Morgan fingerprint density at radius 3 is 2.53 bits per heavy atom. The van der Waals surface area contributed by atoms with Crippen molar-refractivity contribution in [2.45, 2.75) is 50.4 Å². The van der Waals surface area contributed by atoms with Crippen molar-refractivity contribution >= 4 is 30.1 Å². The number of hydrogen-bond donors (Lipinski definition) is 2. The molecule has 2 aliphatic rings. The van der Waals surface area contributed by atoms with E-state index in [1.165, 1.54) is 21.9 Å². The highest BCUT2D eigenvalue weighted by molar-refractivity contribution is 5.91. The summed E-state index contributed by atoms with van der Waals surface area (Å²) in [5, 5.41) is 2.89. The number of nitrogens with two attached hydrogens (primary N) is 1. The highest BCUT2D eigenvalue weighted by atomic mass is 35.5. The molecule has 2 aliphatic heterocycles. The zero-order valence-corrected chi connectivity index (χ0v) is 17.5. The largest absolute Gasteiger partial charge is 0.348 e. The molecule has 0 bridgehead atoms. The van der Waals surface area contributed by atoms with E-state index in [9.17, 15) is 23.2 Å². The third-order valence-corrected chi connectivity index (χ3v) is 5.72. The van der Waals surface area contributed by atoms with Crippen molar-refractivity contribution in [3.63, 3.8) is 0 Å². The Morgan fingerprint density at radius 1 is 1.23 bits per heavy atom. The molecule has 1 aromatic carbocycles. The first kappa shape index (κ1) is 24.0. The van der Waals surface area contributed by atoms with E-state index >= 15 is 0 Å². The van der Waals surface area contributed by atoms with E-state index in [-0.39, 0.29) is 42.8 Å². The van der Waals surface area contributed by atoms with Gasteiger partial charge in [-0.25, -0.2) is 8.78 Å². The van der Waals surface area contributed by atoms with Crippen LogP contribution in [-0.4, -0.2) is 65.4 Å². The summed E-state index contributed by atoms with van der Waals surface area (Å²) in [7, 11) is 0. The molecule has 0 radical (unpaired) electrons. The minimum Gasteiger partial charge on any atom is -0.348 e. The Balaban J connectivity index is 0.00000320. The molecule has 0 aromatic heterocycles. The van der Waals surface area contributed by atoms with Crippen LogP contribution in [0.5, 0.6) is 0 Å². The lowest BCUT2D eigenvalue weighted by Gasteiger charge is -2.37. The van der Waals surface area contributed by atoms with Crippen molar-refractivity contribution in [1.82, 2.24) is 15.1 Å². The Hall–Kier alpha value is -2.26. The van der Waals surface area contributed by atoms with Crippen LogP contribution in [-0.2, 0) is 14.4 Å². The topological polar surface area (TPSA) is 95.7 Å². The Labute approximate surface area is 180 Å². The maximum Gasteiger partial charge on any atom is 0.254 e. The van der Waals surface area contributed by atoms with E-state index in [2.05, 4.69) is 5.32 Å². The molecule has 30 heavy (non-hydrogen) atoms. The Kier molecular flexibility index (Phi) is 8.14. The van der Waals surface area contributed by atoms with Crippen LogP contribution in [0, 0.1) is 5.82 Å². The molecule has 2 heterocycles. The van der Waals surface area contributed by atoms with Crippen LogP contribution >= 0.6 is 12.4 Å². The van der Waals surface area contributed by atoms with Crippen molar-refractivity contribution in [2.24, 2.45) is 5.73 Å². The third-order valence-electron chi connectivity index (χ3n) is 5.72. The summed E-state index contributed by atoms with van der Waals surface area (Å²) in [6.45, 7) is 0.900. The quantitative estimate of drug-likeness (QED) is 0.732. The number of benzene rings is 1. The number of hydrogen-bond acceptors (Lipinski definition) is 4. The van der Waals surface area contributed by atoms with E-state index in [1.54, 1.807) is 19.1 Å². The van der Waals surface area contributed by atoms with Gasteiger partial charge in [0, 0.05) is 19.1 Å². The summed E-state index contributed by atoms with van der Waals surface area (Å²) in [4.78, 5) is 40.3. The molecule has 3 N–H and O–H groups in total. The van der Waals surface area contributed by atoms with Crippen LogP contribution < -0.4 is 11.1 Å². The van der Waals surface area contributed by atoms with Crippen LogP contribution in [0.1, 0.15) is 37.8 Å². The maximum atomic E-state index is 13.1. The molecule has 166 valence electrons. The zero-order valence-electron chi connectivity index (χ0n) is 16.7. The van der Waals surface area contributed by atoms with Gasteiger partial charge in [0.05, 0.1) is 6.04 Å². The lowest BCUT2D eigenvalue weighted by atomic mass is 10.1.